The van der Waals surface area contributed by atoms with Gasteiger partial charge >= 0.3 is 6.18 Å². The highest BCUT2D eigenvalue weighted by atomic mass is 35.5. The fourth-order valence-electron chi connectivity index (χ4n) is 3.21. The number of carbonyl (C=O) groups is 2. The highest BCUT2D eigenvalue weighted by Crippen LogP contribution is 2.35. The summed E-state index contributed by atoms with van der Waals surface area (Å²) in [6.07, 6.45) is -3.02. The second-order valence-corrected chi connectivity index (χ2v) is 8.05. The number of amides is 2. The molecule has 0 aliphatic carbocycles. The summed E-state index contributed by atoms with van der Waals surface area (Å²) in [5.74, 6) is -0.266. The average Bonchev–Trinajstić information content (AvgIpc) is 3.21. The number of nitrogens with zero attached hydrogens (tertiary/aromatic N) is 2. The molecule has 0 bridgehead atoms. The molecule has 0 saturated carbocycles. The van der Waals surface area contributed by atoms with E-state index in [1.165, 1.54) is 23.9 Å². The molecular weight excluding hydrogens is 455 g/mol. The molecule has 31 heavy (non-hydrogen) atoms. The topological polar surface area (TPSA) is 73.2 Å². The number of halogens is 4. The summed E-state index contributed by atoms with van der Waals surface area (Å²) in [6, 6.07) is 8.63. The van der Waals surface area contributed by atoms with Crippen molar-refractivity contribution in [3.05, 3.63) is 63.0 Å². The van der Waals surface area contributed by atoms with Crippen molar-refractivity contribution in [2.45, 2.75) is 12.7 Å². The lowest BCUT2D eigenvalue weighted by Crippen LogP contribution is -2.17. The number of hydrogen-bond donors (Lipinski definition) is 1. The standard InChI is InChI=1S/C20H13ClF3N3O3S/c1-30-18-13-6-10(7-16-17(28)25-19(29)31-16)2-5-15(13)27(26-18)9-11-3-4-12(21)8-14(11)20(22,23)24/h2-8H,9H2,1H3,(H,25,28,29). The Hall–Kier alpha value is -2.98. The SMILES string of the molecule is COc1nn(Cc2ccc(Cl)cc2C(F)(F)F)c2ccc(C=C3SC(=O)NC3=O)cc12. The van der Waals surface area contributed by atoms with Gasteiger partial charge in [-0.05, 0) is 53.2 Å². The molecule has 3 aromatic rings. The maximum atomic E-state index is 13.4. The molecule has 1 aliphatic heterocycles. The van der Waals surface area contributed by atoms with E-state index in [2.05, 4.69) is 10.4 Å². The summed E-state index contributed by atoms with van der Waals surface area (Å²) in [4.78, 5) is 23.3. The third-order valence-electron chi connectivity index (χ3n) is 4.57. The van der Waals surface area contributed by atoms with Crippen molar-refractivity contribution >= 4 is 51.5 Å². The third-order valence-corrected chi connectivity index (χ3v) is 5.62. The Labute approximate surface area is 183 Å². The molecular formula is C20H13ClF3N3O3S. The van der Waals surface area contributed by atoms with E-state index >= 15 is 0 Å². The Balaban J connectivity index is 1.75. The van der Waals surface area contributed by atoms with Gasteiger partial charge in [-0.2, -0.15) is 13.2 Å². The van der Waals surface area contributed by atoms with E-state index < -0.39 is 22.9 Å². The maximum Gasteiger partial charge on any atom is 0.416 e. The smallest absolute Gasteiger partial charge is 0.416 e. The molecule has 0 radical (unpaired) electrons. The van der Waals surface area contributed by atoms with Crippen LogP contribution in [0, 0.1) is 0 Å². The molecule has 2 aromatic carbocycles. The van der Waals surface area contributed by atoms with Gasteiger partial charge < -0.3 is 4.74 Å². The monoisotopic (exact) mass is 467 g/mol. The lowest BCUT2D eigenvalue weighted by Gasteiger charge is -2.13. The molecule has 1 aromatic heterocycles. The zero-order valence-electron chi connectivity index (χ0n) is 15.8. The highest BCUT2D eigenvalue weighted by molar-refractivity contribution is 8.18. The van der Waals surface area contributed by atoms with Gasteiger partial charge in [0.15, 0.2) is 0 Å². The summed E-state index contributed by atoms with van der Waals surface area (Å²) in [5.41, 5.74) is 0.326. The largest absolute Gasteiger partial charge is 0.479 e. The van der Waals surface area contributed by atoms with Crippen LogP contribution in [-0.4, -0.2) is 28.0 Å². The van der Waals surface area contributed by atoms with Crippen molar-refractivity contribution in [1.82, 2.24) is 15.1 Å². The molecule has 0 atom stereocenters. The summed E-state index contributed by atoms with van der Waals surface area (Å²) >= 11 is 6.54. The van der Waals surface area contributed by atoms with Gasteiger partial charge in [-0.3, -0.25) is 19.6 Å². The van der Waals surface area contributed by atoms with Gasteiger partial charge in [0.1, 0.15) is 0 Å². The molecule has 1 saturated heterocycles. The summed E-state index contributed by atoms with van der Waals surface area (Å²) in [6.45, 7) is -0.154. The number of carbonyl (C=O) groups excluding carboxylic acids is 2. The Bertz CT molecular complexity index is 1250. The second-order valence-electron chi connectivity index (χ2n) is 6.59. The van der Waals surface area contributed by atoms with Crippen LogP contribution in [0.25, 0.3) is 17.0 Å². The van der Waals surface area contributed by atoms with E-state index in [4.69, 9.17) is 16.3 Å². The van der Waals surface area contributed by atoms with Crippen LogP contribution in [0.3, 0.4) is 0 Å². The molecule has 1 aliphatic rings. The lowest BCUT2D eigenvalue weighted by molar-refractivity contribution is -0.138. The van der Waals surface area contributed by atoms with Gasteiger partial charge in [-0.25, -0.2) is 0 Å². The van der Waals surface area contributed by atoms with Gasteiger partial charge in [0.05, 0.1) is 35.0 Å². The minimum Gasteiger partial charge on any atom is -0.479 e. The molecule has 11 heteroatoms. The first-order valence-electron chi connectivity index (χ1n) is 8.81. The van der Waals surface area contributed by atoms with Gasteiger partial charge in [-0.15, -0.1) is 5.10 Å². The van der Waals surface area contributed by atoms with E-state index in [1.54, 1.807) is 24.3 Å². The number of rotatable bonds is 4. The molecule has 6 nitrogen and oxygen atoms in total. The molecule has 2 amide bonds. The van der Waals surface area contributed by atoms with Gasteiger partial charge in [0.25, 0.3) is 11.1 Å². The van der Waals surface area contributed by atoms with Crippen LogP contribution in [0.2, 0.25) is 5.02 Å². The highest BCUT2D eigenvalue weighted by Gasteiger charge is 2.34. The number of ether oxygens (including phenoxy) is 1. The number of hydrogen-bond acceptors (Lipinski definition) is 5. The number of imide groups is 1. The number of aromatic nitrogens is 2. The fraction of sp³-hybridized carbons (Fsp3) is 0.150. The van der Waals surface area contributed by atoms with Crippen LogP contribution < -0.4 is 10.1 Å². The predicted octanol–water partition coefficient (Wildman–Crippen LogP) is 5.09. The third kappa shape index (κ3) is 4.26. The Morgan fingerprint density at radius 1 is 1.23 bits per heavy atom. The number of nitrogens with one attached hydrogen (secondary N) is 1. The number of thioether (sulfide) groups is 1. The maximum absolute atomic E-state index is 13.4. The van der Waals surface area contributed by atoms with Crippen LogP contribution in [0.4, 0.5) is 18.0 Å². The predicted molar refractivity (Wildman–Crippen MR) is 111 cm³/mol. The van der Waals surface area contributed by atoms with Crippen molar-refractivity contribution in [3.8, 4) is 5.88 Å². The van der Waals surface area contributed by atoms with Crippen molar-refractivity contribution in [3.63, 3.8) is 0 Å². The van der Waals surface area contributed by atoms with Crippen molar-refractivity contribution in [2.24, 2.45) is 0 Å². The molecule has 160 valence electrons. The molecule has 2 heterocycles. The van der Waals surface area contributed by atoms with E-state index in [0.717, 1.165) is 17.8 Å². The van der Waals surface area contributed by atoms with Crippen LogP contribution in [0.15, 0.2) is 41.3 Å². The molecule has 4 rings (SSSR count). The zero-order chi connectivity index (χ0) is 22.3. The average molecular weight is 468 g/mol. The number of benzene rings is 2. The van der Waals surface area contributed by atoms with Gasteiger partial charge in [0.2, 0.25) is 5.88 Å². The summed E-state index contributed by atoms with van der Waals surface area (Å²) < 4.78 is 47.0. The molecule has 0 unspecified atom stereocenters. The van der Waals surface area contributed by atoms with Crippen molar-refractivity contribution in [2.75, 3.05) is 7.11 Å². The lowest BCUT2D eigenvalue weighted by atomic mass is 10.1. The number of alkyl halides is 3. The first kappa shape index (κ1) is 21.3. The van der Waals surface area contributed by atoms with E-state index in [9.17, 15) is 22.8 Å². The zero-order valence-corrected chi connectivity index (χ0v) is 17.4. The van der Waals surface area contributed by atoms with Crippen molar-refractivity contribution in [1.29, 1.82) is 0 Å². The fourth-order valence-corrected chi connectivity index (χ4v) is 4.07. The van der Waals surface area contributed by atoms with Crippen LogP contribution in [-0.2, 0) is 17.5 Å². The molecule has 1 fully saturated rings. The number of methoxy groups -OCH3 is 1. The first-order chi connectivity index (χ1) is 14.7. The molecule has 1 N–H and O–H groups in total. The Morgan fingerprint density at radius 3 is 2.65 bits per heavy atom. The normalized spacial score (nSPS) is 15.7. The Morgan fingerprint density at radius 2 is 2.00 bits per heavy atom. The van der Waals surface area contributed by atoms with Gasteiger partial charge in [-0.1, -0.05) is 23.7 Å². The minimum atomic E-state index is -4.57. The van der Waals surface area contributed by atoms with Gasteiger partial charge in [0, 0.05) is 5.02 Å². The van der Waals surface area contributed by atoms with E-state index in [0.29, 0.717) is 16.5 Å². The van der Waals surface area contributed by atoms with Crippen LogP contribution in [0.1, 0.15) is 16.7 Å². The van der Waals surface area contributed by atoms with E-state index in [1.807, 2.05) is 0 Å². The summed E-state index contributed by atoms with van der Waals surface area (Å²) in [5, 5.41) is 6.54. The van der Waals surface area contributed by atoms with Crippen molar-refractivity contribution < 1.29 is 27.5 Å². The first-order valence-corrected chi connectivity index (χ1v) is 10.00. The Kier molecular flexibility index (Phi) is 5.44. The van der Waals surface area contributed by atoms with Crippen LogP contribution >= 0.6 is 23.4 Å². The quantitative estimate of drug-likeness (QED) is 0.541. The van der Waals surface area contributed by atoms with E-state index in [-0.39, 0.29) is 27.9 Å². The summed E-state index contributed by atoms with van der Waals surface area (Å²) in [7, 11) is 1.40. The van der Waals surface area contributed by atoms with Crippen LogP contribution in [0.5, 0.6) is 5.88 Å². The minimum absolute atomic E-state index is 0.00712. The second kappa shape index (κ2) is 7.93. The molecule has 0 spiro atoms. The number of fused-ring (bicyclic) bond motifs is 1.